The van der Waals surface area contributed by atoms with Crippen LogP contribution in [0.15, 0.2) is 35.9 Å². The second kappa shape index (κ2) is 6.23. The molecule has 0 fully saturated rings. The van der Waals surface area contributed by atoms with Crippen LogP contribution >= 0.6 is 0 Å². The lowest BCUT2D eigenvalue weighted by Crippen LogP contribution is -2.07. The van der Waals surface area contributed by atoms with Crippen LogP contribution in [0.5, 0.6) is 0 Å². The van der Waals surface area contributed by atoms with Crippen LogP contribution in [-0.4, -0.2) is 0 Å². The first-order valence-electron chi connectivity index (χ1n) is 7.64. The smallest absolute Gasteiger partial charge is 0.00862 e. The molecule has 1 unspecified atom stereocenters. The van der Waals surface area contributed by atoms with Crippen molar-refractivity contribution in [1.82, 2.24) is 0 Å². The third-order valence-corrected chi connectivity index (χ3v) is 4.47. The molecule has 2 rings (SSSR count). The number of benzene rings is 1. The van der Waals surface area contributed by atoms with E-state index in [4.69, 9.17) is 0 Å². The molecule has 0 N–H and O–H groups in total. The van der Waals surface area contributed by atoms with E-state index in [1.165, 1.54) is 36.0 Å². The molecular weight excluding hydrogens is 228 g/mol. The van der Waals surface area contributed by atoms with Crippen LogP contribution in [0.3, 0.4) is 0 Å². The Morgan fingerprint density at radius 3 is 2.47 bits per heavy atom. The Labute approximate surface area is 118 Å². The lowest BCUT2D eigenvalue weighted by atomic mass is 9.81. The molecule has 0 aliphatic heterocycles. The third kappa shape index (κ3) is 2.83. The number of allylic oxidation sites excluding steroid dienone is 4. The van der Waals surface area contributed by atoms with Gasteiger partial charge >= 0.3 is 0 Å². The van der Waals surface area contributed by atoms with Crippen molar-refractivity contribution in [3.63, 3.8) is 0 Å². The van der Waals surface area contributed by atoms with Crippen LogP contribution < -0.4 is 0 Å². The minimum Gasteiger partial charge on any atom is -0.0839 e. The van der Waals surface area contributed by atoms with E-state index in [2.05, 4.69) is 58.1 Å². The lowest BCUT2D eigenvalue weighted by Gasteiger charge is -2.24. The third-order valence-electron chi connectivity index (χ3n) is 4.47. The van der Waals surface area contributed by atoms with E-state index >= 15 is 0 Å². The monoisotopic (exact) mass is 254 g/mol. The molecule has 0 heteroatoms. The first-order valence-corrected chi connectivity index (χ1v) is 7.64. The van der Waals surface area contributed by atoms with Gasteiger partial charge in [0.15, 0.2) is 0 Å². The lowest BCUT2D eigenvalue weighted by molar-refractivity contribution is 0.750. The molecule has 0 nitrogen and oxygen atoms in total. The molecule has 0 saturated heterocycles. The Bertz CT molecular complexity index is 503. The highest BCUT2D eigenvalue weighted by Crippen LogP contribution is 2.35. The minimum absolute atomic E-state index is 0.575. The summed E-state index contributed by atoms with van der Waals surface area (Å²) in [5.74, 6) is 0.575. The maximum Gasteiger partial charge on any atom is 0.00862 e. The van der Waals surface area contributed by atoms with Crippen LogP contribution in [-0.2, 0) is 6.42 Å². The van der Waals surface area contributed by atoms with Gasteiger partial charge in [-0.25, -0.2) is 0 Å². The van der Waals surface area contributed by atoms with Gasteiger partial charge < -0.3 is 0 Å². The van der Waals surface area contributed by atoms with Gasteiger partial charge in [-0.05, 0) is 67.4 Å². The van der Waals surface area contributed by atoms with Crippen molar-refractivity contribution in [1.29, 1.82) is 0 Å². The fourth-order valence-corrected chi connectivity index (χ4v) is 3.22. The Morgan fingerprint density at radius 1 is 1.11 bits per heavy atom. The predicted octanol–water partition coefficient (Wildman–Crippen LogP) is 5.64. The van der Waals surface area contributed by atoms with Crippen molar-refractivity contribution in [2.24, 2.45) is 0 Å². The fourth-order valence-electron chi connectivity index (χ4n) is 3.22. The van der Waals surface area contributed by atoms with Gasteiger partial charge in [0.1, 0.15) is 0 Å². The molecule has 1 atom stereocenters. The predicted molar refractivity (Wildman–Crippen MR) is 84.8 cm³/mol. The maximum atomic E-state index is 2.43. The van der Waals surface area contributed by atoms with Gasteiger partial charge in [0, 0.05) is 5.92 Å². The number of hydrogen-bond acceptors (Lipinski definition) is 0. The first-order chi connectivity index (χ1) is 9.19. The van der Waals surface area contributed by atoms with Crippen LogP contribution in [0.25, 0.3) is 0 Å². The molecule has 1 aromatic rings. The summed E-state index contributed by atoms with van der Waals surface area (Å²) in [7, 11) is 0. The zero-order valence-corrected chi connectivity index (χ0v) is 12.8. The number of hydrogen-bond donors (Lipinski definition) is 0. The van der Waals surface area contributed by atoms with Crippen molar-refractivity contribution in [2.45, 2.75) is 59.3 Å². The zero-order chi connectivity index (χ0) is 13.8. The molecule has 0 radical (unpaired) electrons. The summed E-state index contributed by atoms with van der Waals surface area (Å²) in [6.07, 6.45) is 11.8. The van der Waals surface area contributed by atoms with Gasteiger partial charge in [-0.3, -0.25) is 0 Å². The molecule has 0 spiro atoms. The zero-order valence-electron chi connectivity index (χ0n) is 12.8. The van der Waals surface area contributed by atoms with Crippen LogP contribution in [0.4, 0.5) is 0 Å². The maximum absolute atomic E-state index is 2.43. The molecule has 0 amide bonds. The highest BCUT2D eigenvalue weighted by Gasteiger charge is 2.18. The summed E-state index contributed by atoms with van der Waals surface area (Å²) in [5, 5.41) is 0. The number of aryl methyl sites for hydroxylation is 1. The average Bonchev–Trinajstić information content (AvgIpc) is 2.45. The second-order valence-corrected chi connectivity index (χ2v) is 5.57. The number of rotatable bonds is 4. The summed E-state index contributed by atoms with van der Waals surface area (Å²) >= 11 is 0. The van der Waals surface area contributed by atoms with Crippen molar-refractivity contribution in [3.8, 4) is 0 Å². The highest BCUT2D eigenvalue weighted by molar-refractivity contribution is 5.46. The summed E-state index contributed by atoms with van der Waals surface area (Å²) in [6.45, 7) is 9.08. The Kier molecular flexibility index (Phi) is 4.63. The standard InChI is InChI=1S/C19H26/c1-5-17-15(4)14(3)12-13-19(17)18(6-2)16-10-8-7-9-11-16/h8,10-13,18H,5-7,9H2,1-4H3. The Hall–Kier alpha value is -1.30. The first kappa shape index (κ1) is 14.1. The normalized spacial score (nSPS) is 16.3. The van der Waals surface area contributed by atoms with Crippen LogP contribution in [0.1, 0.15) is 61.3 Å². The van der Waals surface area contributed by atoms with Crippen molar-refractivity contribution in [2.75, 3.05) is 0 Å². The van der Waals surface area contributed by atoms with E-state index in [0.29, 0.717) is 5.92 Å². The molecule has 1 aliphatic rings. The van der Waals surface area contributed by atoms with Crippen molar-refractivity contribution in [3.05, 3.63) is 58.2 Å². The van der Waals surface area contributed by atoms with Crippen molar-refractivity contribution < 1.29 is 0 Å². The van der Waals surface area contributed by atoms with Gasteiger partial charge in [0.2, 0.25) is 0 Å². The largest absolute Gasteiger partial charge is 0.0839 e. The van der Waals surface area contributed by atoms with E-state index in [1.54, 1.807) is 11.1 Å². The van der Waals surface area contributed by atoms with Crippen LogP contribution in [0.2, 0.25) is 0 Å². The Morgan fingerprint density at radius 2 is 1.89 bits per heavy atom. The molecule has 0 saturated carbocycles. The highest BCUT2D eigenvalue weighted by atomic mass is 14.2. The molecule has 1 aliphatic carbocycles. The summed E-state index contributed by atoms with van der Waals surface area (Å²) in [5.41, 5.74) is 7.53. The summed E-state index contributed by atoms with van der Waals surface area (Å²) in [6, 6.07) is 4.65. The average molecular weight is 254 g/mol. The SMILES string of the molecule is CCc1c(C(CC)C2=CCCC=C2)ccc(C)c1C. The van der Waals surface area contributed by atoms with E-state index < -0.39 is 0 Å². The summed E-state index contributed by atoms with van der Waals surface area (Å²) in [4.78, 5) is 0. The van der Waals surface area contributed by atoms with E-state index in [9.17, 15) is 0 Å². The van der Waals surface area contributed by atoms with Gasteiger partial charge in [-0.15, -0.1) is 0 Å². The van der Waals surface area contributed by atoms with Gasteiger partial charge in [-0.1, -0.05) is 44.2 Å². The van der Waals surface area contributed by atoms with Gasteiger partial charge in [0.25, 0.3) is 0 Å². The Balaban J connectivity index is 2.46. The molecule has 1 aromatic carbocycles. The second-order valence-electron chi connectivity index (χ2n) is 5.57. The van der Waals surface area contributed by atoms with Crippen LogP contribution in [0, 0.1) is 13.8 Å². The van der Waals surface area contributed by atoms with Gasteiger partial charge in [-0.2, -0.15) is 0 Å². The van der Waals surface area contributed by atoms with Gasteiger partial charge in [0.05, 0.1) is 0 Å². The molecule has 102 valence electrons. The molecule has 0 bridgehead atoms. The van der Waals surface area contributed by atoms with E-state index in [0.717, 1.165) is 6.42 Å². The molecule has 19 heavy (non-hydrogen) atoms. The quantitative estimate of drug-likeness (QED) is 0.652. The van der Waals surface area contributed by atoms with E-state index in [1.807, 2.05) is 0 Å². The molecule has 0 aromatic heterocycles. The van der Waals surface area contributed by atoms with E-state index in [-0.39, 0.29) is 0 Å². The fraction of sp³-hybridized carbons (Fsp3) is 0.474. The summed E-state index contributed by atoms with van der Waals surface area (Å²) < 4.78 is 0. The topological polar surface area (TPSA) is 0 Å². The molecule has 0 heterocycles. The minimum atomic E-state index is 0.575. The molecular formula is C19H26. The van der Waals surface area contributed by atoms with Crippen molar-refractivity contribution >= 4 is 0 Å².